The standard InChI is InChI=1S/C10H7F5N2O/c11-4-5(12)7(14)9(8(15)6(4)13)17-10(18)3-1-16-2-3/h3,16H,1-2H2,(H,17,18). The minimum Gasteiger partial charge on any atom is -0.321 e. The lowest BCUT2D eigenvalue weighted by Gasteiger charge is -2.25. The zero-order valence-corrected chi connectivity index (χ0v) is 8.79. The molecule has 0 spiro atoms. The highest BCUT2D eigenvalue weighted by molar-refractivity contribution is 5.93. The van der Waals surface area contributed by atoms with Crippen LogP contribution in [0.5, 0.6) is 0 Å². The van der Waals surface area contributed by atoms with Crippen molar-refractivity contribution in [2.45, 2.75) is 0 Å². The van der Waals surface area contributed by atoms with Crippen LogP contribution in [0, 0.1) is 35.0 Å². The lowest BCUT2D eigenvalue weighted by molar-refractivity contribution is -0.121. The van der Waals surface area contributed by atoms with Crippen molar-refractivity contribution in [2.75, 3.05) is 18.4 Å². The number of carbonyl (C=O) groups is 1. The normalized spacial score (nSPS) is 15.4. The van der Waals surface area contributed by atoms with Gasteiger partial charge in [0.05, 0.1) is 5.92 Å². The maximum absolute atomic E-state index is 13.2. The molecule has 1 aliphatic rings. The highest BCUT2D eigenvalue weighted by Gasteiger charge is 2.30. The summed E-state index contributed by atoms with van der Waals surface area (Å²) in [5.41, 5.74) is -1.32. The van der Waals surface area contributed by atoms with Crippen LogP contribution in [0.15, 0.2) is 0 Å². The Morgan fingerprint density at radius 1 is 0.944 bits per heavy atom. The minimum absolute atomic E-state index is 0.293. The molecule has 1 amide bonds. The summed E-state index contributed by atoms with van der Waals surface area (Å²) in [6, 6.07) is 0. The van der Waals surface area contributed by atoms with Crippen LogP contribution in [0.4, 0.5) is 27.6 Å². The quantitative estimate of drug-likeness (QED) is 0.484. The first kappa shape index (κ1) is 12.7. The van der Waals surface area contributed by atoms with E-state index in [4.69, 9.17) is 0 Å². The molecule has 1 aromatic rings. The SMILES string of the molecule is O=C(Nc1c(F)c(F)c(F)c(F)c1F)C1CNC1. The average molecular weight is 266 g/mol. The second-order valence-corrected chi connectivity index (χ2v) is 3.79. The summed E-state index contributed by atoms with van der Waals surface area (Å²) in [7, 11) is 0. The van der Waals surface area contributed by atoms with Crippen molar-refractivity contribution in [1.82, 2.24) is 5.32 Å². The van der Waals surface area contributed by atoms with E-state index in [-0.39, 0.29) is 0 Å². The summed E-state index contributed by atoms with van der Waals surface area (Å²) in [5.74, 6) is -11.9. The molecule has 3 nitrogen and oxygen atoms in total. The summed E-state index contributed by atoms with van der Waals surface area (Å²) in [6.45, 7) is 0.586. The highest BCUT2D eigenvalue weighted by Crippen LogP contribution is 2.27. The summed E-state index contributed by atoms with van der Waals surface area (Å²) >= 11 is 0. The van der Waals surface area contributed by atoms with Crippen molar-refractivity contribution < 1.29 is 26.7 Å². The molecule has 0 aliphatic carbocycles. The van der Waals surface area contributed by atoms with Crippen LogP contribution in [0.1, 0.15) is 0 Å². The molecule has 0 atom stereocenters. The molecule has 8 heteroatoms. The van der Waals surface area contributed by atoms with E-state index in [0.717, 1.165) is 0 Å². The van der Waals surface area contributed by atoms with Gasteiger partial charge in [0.25, 0.3) is 0 Å². The van der Waals surface area contributed by atoms with Gasteiger partial charge in [-0.05, 0) is 0 Å². The van der Waals surface area contributed by atoms with Crippen LogP contribution in [0.25, 0.3) is 0 Å². The van der Waals surface area contributed by atoms with Crippen LogP contribution in [-0.4, -0.2) is 19.0 Å². The van der Waals surface area contributed by atoms with Crippen molar-refractivity contribution in [3.8, 4) is 0 Å². The zero-order valence-electron chi connectivity index (χ0n) is 8.79. The van der Waals surface area contributed by atoms with Crippen molar-refractivity contribution in [3.05, 3.63) is 29.1 Å². The van der Waals surface area contributed by atoms with Crippen LogP contribution >= 0.6 is 0 Å². The zero-order chi connectivity index (χ0) is 13.4. The third-order valence-electron chi connectivity index (χ3n) is 2.61. The largest absolute Gasteiger partial charge is 0.321 e. The summed E-state index contributed by atoms with van der Waals surface area (Å²) in [4.78, 5) is 11.4. The molecule has 2 rings (SSSR count). The van der Waals surface area contributed by atoms with Crippen LogP contribution < -0.4 is 10.6 Å². The van der Waals surface area contributed by atoms with Gasteiger partial charge in [0, 0.05) is 13.1 Å². The fourth-order valence-corrected chi connectivity index (χ4v) is 1.41. The van der Waals surface area contributed by atoms with E-state index < -0.39 is 46.6 Å². The summed E-state index contributed by atoms with van der Waals surface area (Å²) in [6.07, 6.45) is 0. The number of carbonyl (C=O) groups excluding carboxylic acids is 1. The third-order valence-corrected chi connectivity index (χ3v) is 2.61. The maximum atomic E-state index is 13.2. The number of hydrogen-bond acceptors (Lipinski definition) is 2. The van der Waals surface area contributed by atoms with Crippen LogP contribution in [0.3, 0.4) is 0 Å². The first-order valence-corrected chi connectivity index (χ1v) is 4.96. The summed E-state index contributed by atoms with van der Waals surface area (Å²) < 4.78 is 64.8. The molecule has 1 aliphatic heterocycles. The maximum Gasteiger partial charge on any atom is 0.230 e. The van der Waals surface area contributed by atoms with Crippen molar-refractivity contribution in [2.24, 2.45) is 5.92 Å². The molecule has 2 N–H and O–H groups in total. The Morgan fingerprint density at radius 2 is 1.39 bits per heavy atom. The van der Waals surface area contributed by atoms with Gasteiger partial charge in [0.1, 0.15) is 5.69 Å². The molecule has 1 aromatic carbocycles. The Kier molecular flexibility index (Phi) is 3.20. The first-order chi connectivity index (χ1) is 8.43. The van der Waals surface area contributed by atoms with Gasteiger partial charge >= 0.3 is 0 Å². The lowest BCUT2D eigenvalue weighted by atomic mass is 10.0. The van der Waals surface area contributed by atoms with Gasteiger partial charge in [-0.15, -0.1) is 0 Å². The molecule has 98 valence electrons. The Labute approximate surface area is 98.0 Å². The van der Waals surface area contributed by atoms with E-state index in [1.165, 1.54) is 0 Å². The Balaban J connectivity index is 2.35. The molecular formula is C10H7F5N2O. The number of benzene rings is 1. The monoisotopic (exact) mass is 266 g/mol. The van der Waals surface area contributed by atoms with Crippen molar-refractivity contribution >= 4 is 11.6 Å². The molecule has 18 heavy (non-hydrogen) atoms. The topological polar surface area (TPSA) is 41.1 Å². The minimum atomic E-state index is -2.26. The molecular weight excluding hydrogens is 259 g/mol. The van der Waals surface area contributed by atoms with E-state index in [2.05, 4.69) is 5.32 Å². The predicted octanol–water partition coefficient (Wildman–Crippen LogP) is 1.54. The van der Waals surface area contributed by atoms with Crippen molar-refractivity contribution in [1.29, 1.82) is 0 Å². The number of anilines is 1. The molecule has 1 fully saturated rings. The lowest BCUT2D eigenvalue weighted by Crippen LogP contribution is -2.48. The first-order valence-electron chi connectivity index (χ1n) is 4.96. The third kappa shape index (κ3) is 1.92. The second kappa shape index (κ2) is 4.52. The van der Waals surface area contributed by atoms with Crippen LogP contribution in [0.2, 0.25) is 0 Å². The molecule has 0 saturated carbocycles. The molecule has 0 radical (unpaired) electrons. The Hall–Kier alpha value is -1.70. The number of halogens is 5. The van der Waals surface area contributed by atoms with E-state index in [1.54, 1.807) is 5.32 Å². The fourth-order valence-electron chi connectivity index (χ4n) is 1.41. The van der Waals surface area contributed by atoms with E-state index in [1.807, 2.05) is 0 Å². The van der Waals surface area contributed by atoms with Crippen LogP contribution in [-0.2, 0) is 4.79 Å². The predicted molar refractivity (Wildman–Crippen MR) is 51.2 cm³/mol. The van der Waals surface area contributed by atoms with Gasteiger partial charge in [0.15, 0.2) is 23.3 Å². The summed E-state index contributed by atoms with van der Waals surface area (Å²) in [5, 5.41) is 4.45. The smallest absolute Gasteiger partial charge is 0.230 e. The second-order valence-electron chi connectivity index (χ2n) is 3.79. The molecule has 1 saturated heterocycles. The molecule has 1 heterocycles. The van der Waals surface area contributed by atoms with E-state index in [9.17, 15) is 26.7 Å². The fraction of sp³-hybridized carbons (Fsp3) is 0.300. The highest BCUT2D eigenvalue weighted by atomic mass is 19.2. The van der Waals surface area contributed by atoms with Gasteiger partial charge in [-0.3, -0.25) is 4.79 Å². The number of hydrogen-bond donors (Lipinski definition) is 2. The average Bonchev–Trinajstić information content (AvgIpc) is 2.27. The molecule has 0 aromatic heterocycles. The van der Waals surface area contributed by atoms with Gasteiger partial charge in [0.2, 0.25) is 11.7 Å². The van der Waals surface area contributed by atoms with E-state index >= 15 is 0 Å². The van der Waals surface area contributed by atoms with Crippen molar-refractivity contribution in [3.63, 3.8) is 0 Å². The molecule has 0 unspecified atom stereocenters. The van der Waals surface area contributed by atoms with Gasteiger partial charge in [-0.2, -0.15) is 0 Å². The Morgan fingerprint density at radius 3 is 1.78 bits per heavy atom. The van der Waals surface area contributed by atoms with Gasteiger partial charge in [-0.1, -0.05) is 0 Å². The van der Waals surface area contributed by atoms with Gasteiger partial charge in [-0.25, -0.2) is 22.0 Å². The molecule has 0 bridgehead atoms. The number of nitrogens with one attached hydrogen (secondary N) is 2. The number of amides is 1. The van der Waals surface area contributed by atoms with E-state index in [0.29, 0.717) is 13.1 Å². The van der Waals surface area contributed by atoms with Gasteiger partial charge < -0.3 is 10.6 Å². The number of rotatable bonds is 2. The Bertz CT molecular complexity index is 486.